The molecule has 0 fully saturated rings. The summed E-state index contributed by atoms with van der Waals surface area (Å²) in [6.45, 7) is 10.9. The quantitative estimate of drug-likeness (QED) is 0.729. The van der Waals surface area contributed by atoms with Crippen LogP contribution in [-0.4, -0.2) is 9.97 Å². The van der Waals surface area contributed by atoms with Crippen LogP contribution in [0.1, 0.15) is 43.5 Å². The van der Waals surface area contributed by atoms with Gasteiger partial charge in [-0.15, -0.1) is 11.3 Å². The monoisotopic (exact) mass is 282 g/mol. The fraction of sp³-hybridized carbons (Fsp3) is 0.571. The van der Waals surface area contributed by atoms with E-state index < -0.39 is 0 Å². The lowest BCUT2D eigenvalue weighted by Crippen LogP contribution is -2.08. The summed E-state index contributed by atoms with van der Waals surface area (Å²) < 4.78 is 0. The van der Waals surface area contributed by atoms with Crippen molar-refractivity contribution in [1.82, 2.24) is 9.97 Å². The molecule has 0 aliphatic heterocycles. The topological polar surface area (TPSA) is 25.8 Å². The number of aryl methyl sites for hydroxylation is 3. The standard InChI is InChI=1S/C14H19ClN2S/c1-8-9(2)18-13-11(8)12(15)16-10(17-13)6-7-14(3,4)5/h6-7H2,1-5H3. The van der Waals surface area contributed by atoms with Gasteiger partial charge in [0.25, 0.3) is 0 Å². The number of hydrogen-bond acceptors (Lipinski definition) is 3. The molecular formula is C14H19ClN2S. The molecule has 4 heteroatoms. The minimum atomic E-state index is 0.298. The van der Waals surface area contributed by atoms with Gasteiger partial charge in [-0.3, -0.25) is 0 Å². The third-order valence-corrected chi connectivity index (χ3v) is 4.50. The molecule has 0 aliphatic rings. The van der Waals surface area contributed by atoms with Gasteiger partial charge < -0.3 is 0 Å². The maximum Gasteiger partial charge on any atom is 0.141 e. The van der Waals surface area contributed by atoms with Crippen LogP contribution >= 0.6 is 22.9 Å². The molecule has 0 N–H and O–H groups in total. The highest BCUT2D eigenvalue weighted by Crippen LogP contribution is 2.33. The van der Waals surface area contributed by atoms with Crippen molar-refractivity contribution in [2.24, 2.45) is 5.41 Å². The predicted molar refractivity (Wildman–Crippen MR) is 79.7 cm³/mol. The SMILES string of the molecule is Cc1sc2nc(CCC(C)(C)C)nc(Cl)c2c1C. The number of thiophene rings is 1. The lowest BCUT2D eigenvalue weighted by Gasteiger charge is -2.16. The van der Waals surface area contributed by atoms with Gasteiger partial charge in [0.2, 0.25) is 0 Å². The van der Waals surface area contributed by atoms with Crippen LogP contribution in [0.15, 0.2) is 0 Å². The fourth-order valence-corrected chi connectivity index (χ4v) is 3.27. The van der Waals surface area contributed by atoms with E-state index in [-0.39, 0.29) is 0 Å². The summed E-state index contributed by atoms with van der Waals surface area (Å²) in [5.41, 5.74) is 1.51. The van der Waals surface area contributed by atoms with Crippen molar-refractivity contribution in [3.63, 3.8) is 0 Å². The molecule has 2 nitrogen and oxygen atoms in total. The normalized spacial score (nSPS) is 12.3. The molecule has 0 radical (unpaired) electrons. The van der Waals surface area contributed by atoms with Crippen LogP contribution in [0, 0.1) is 19.3 Å². The number of fused-ring (bicyclic) bond motifs is 1. The predicted octanol–water partition coefficient (Wildman–Crippen LogP) is 4.94. The van der Waals surface area contributed by atoms with Crippen molar-refractivity contribution >= 4 is 33.2 Å². The summed E-state index contributed by atoms with van der Waals surface area (Å²) in [5, 5.41) is 1.63. The number of hydrogen-bond donors (Lipinski definition) is 0. The highest BCUT2D eigenvalue weighted by atomic mass is 35.5. The van der Waals surface area contributed by atoms with Crippen LogP contribution < -0.4 is 0 Å². The summed E-state index contributed by atoms with van der Waals surface area (Å²) >= 11 is 7.99. The maximum atomic E-state index is 6.29. The Morgan fingerprint density at radius 2 is 1.83 bits per heavy atom. The van der Waals surface area contributed by atoms with Gasteiger partial charge in [-0.1, -0.05) is 32.4 Å². The van der Waals surface area contributed by atoms with Crippen LogP contribution in [0.25, 0.3) is 10.2 Å². The van der Waals surface area contributed by atoms with Gasteiger partial charge >= 0.3 is 0 Å². The molecule has 18 heavy (non-hydrogen) atoms. The van der Waals surface area contributed by atoms with Gasteiger partial charge in [0.05, 0.1) is 5.39 Å². The van der Waals surface area contributed by atoms with Crippen molar-refractivity contribution in [1.29, 1.82) is 0 Å². The van der Waals surface area contributed by atoms with Crippen molar-refractivity contribution in [3.8, 4) is 0 Å². The lowest BCUT2D eigenvalue weighted by molar-refractivity contribution is 0.374. The zero-order valence-electron chi connectivity index (χ0n) is 11.6. The van der Waals surface area contributed by atoms with E-state index in [0.717, 1.165) is 28.9 Å². The van der Waals surface area contributed by atoms with Crippen molar-refractivity contribution in [3.05, 3.63) is 21.4 Å². The molecule has 0 atom stereocenters. The first-order valence-electron chi connectivity index (χ1n) is 6.20. The number of halogens is 1. The van der Waals surface area contributed by atoms with E-state index in [1.54, 1.807) is 11.3 Å². The van der Waals surface area contributed by atoms with Gasteiger partial charge in [-0.05, 0) is 31.2 Å². The Labute approximate surface area is 117 Å². The van der Waals surface area contributed by atoms with E-state index in [4.69, 9.17) is 11.6 Å². The smallest absolute Gasteiger partial charge is 0.141 e. The van der Waals surface area contributed by atoms with Crippen LogP contribution in [-0.2, 0) is 6.42 Å². The molecule has 2 aromatic heterocycles. The van der Waals surface area contributed by atoms with E-state index in [1.807, 2.05) is 0 Å². The molecule has 2 aromatic rings. The maximum absolute atomic E-state index is 6.29. The molecule has 98 valence electrons. The first-order chi connectivity index (χ1) is 8.28. The highest BCUT2D eigenvalue weighted by Gasteiger charge is 2.15. The summed E-state index contributed by atoms with van der Waals surface area (Å²) in [5.74, 6) is 0.865. The Morgan fingerprint density at radius 3 is 2.44 bits per heavy atom. The summed E-state index contributed by atoms with van der Waals surface area (Å²) in [6.07, 6.45) is 1.95. The average Bonchev–Trinajstić information content (AvgIpc) is 2.51. The molecule has 0 spiro atoms. The van der Waals surface area contributed by atoms with Crippen LogP contribution in [0.3, 0.4) is 0 Å². The van der Waals surface area contributed by atoms with E-state index >= 15 is 0 Å². The molecule has 0 saturated heterocycles. The zero-order chi connectivity index (χ0) is 13.5. The molecule has 0 aromatic carbocycles. The second kappa shape index (κ2) is 4.78. The first-order valence-corrected chi connectivity index (χ1v) is 7.39. The molecular weight excluding hydrogens is 264 g/mol. The van der Waals surface area contributed by atoms with Crippen molar-refractivity contribution in [2.45, 2.75) is 47.5 Å². The largest absolute Gasteiger partial charge is 0.222 e. The number of aromatic nitrogens is 2. The summed E-state index contributed by atoms with van der Waals surface area (Å²) in [7, 11) is 0. The van der Waals surface area contributed by atoms with Gasteiger partial charge in [-0.25, -0.2) is 9.97 Å². The molecule has 0 amide bonds. The Morgan fingerprint density at radius 1 is 1.17 bits per heavy atom. The van der Waals surface area contributed by atoms with E-state index in [9.17, 15) is 0 Å². The average molecular weight is 283 g/mol. The Hall–Kier alpha value is -0.670. The molecule has 0 bridgehead atoms. The van der Waals surface area contributed by atoms with Gasteiger partial charge in [0, 0.05) is 11.3 Å². The molecule has 0 saturated carbocycles. The molecule has 2 heterocycles. The van der Waals surface area contributed by atoms with Gasteiger partial charge in [0.15, 0.2) is 0 Å². The first kappa shape index (κ1) is 13.8. The third kappa shape index (κ3) is 2.83. The van der Waals surface area contributed by atoms with Crippen molar-refractivity contribution < 1.29 is 0 Å². The number of rotatable bonds is 2. The second-order valence-corrected chi connectivity index (χ2v) is 7.52. The minimum Gasteiger partial charge on any atom is -0.222 e. The van der Waals surface area contributed by atoms with E-state index in [0.29, 0.717) is 10.6 Å². The Bertz CT molecular complexity index is 581. The number of nitrogens with zero attached hydrogens (tertiary/aromatic N) is 2. The van der Waals surface area contributed by atoms with Crippen molar-refractivity contribution in [2.75, 3.05) is 0 Å². The minimum absolute atomic E-state index is 0.298. The zero-order valence-corrected chi connectivity index (χ0v) is 13.2. The van der Waals surface area contributed by atoms with Gasteiger partial charge in [-0.2, -0.15) is 0 Å². The molecule has 0 aliphatic carbocycles. The Balaban J connectivity index is 2.38. The van der Waals surface area contributed by atoms with Gasteiger partial charge in [0.1, 0.15) is 15.8 Å². The summed E-state index contributed by atoms with van der Waals surface area (Å²) in [6, 6.07) is 0. The fourth-order valence-electron chi connectivity index (χ4n) is 1.84. The van der Waals surface area contributed by atoms with Crippen LogP contribution in [0.2, 0.25) is 5.15 Å². The van der Waals surface area contributed by atoms with E-state index in [1.165, 1.54) is 10.4 Å². The van der Waals surface area contributed by atoms with Crippen LogP contribution in [0.5, 0.6) is 0 Å². The summed E-state index contributed by atoms with van der Waals surface area (Å²) in [4.78, 5) is 11.4. The third-order valence-electron chi connectivity index (χ3n) is 3.13. The second-order valence-electron chi connectivity index (χ2n) is 5.95. The highest BCUT2D eigenvalue weighted by molar-refractivity contribution is 7.18. The molecule has 2 rings (SSSR count). The Kier molecular flexibility index (Phi) is 3.65. The lowest BCUT2D eigenvalue weighted by atomic mass is 9.90. The van der Waals surface area contributed by atoms with Crippen LogP contribution in [0.4, 0.5) is 0 Å². The molecule has 0 unspecified atom stereocenters. The van der Waals surface area contributed by atoms with E-state index in [2.05, 4.69) is 44.6 Å².